The van der Waals surface area contributed by atoms with Crippen LogP contribution < -0.4 is 10.1 Å². The summed E-state index contributed by atoms with van der Waals surface area (Å²) < 4.78 is 5.18. The van der Waals surface area contributed by atoms with Crippen molar-refractivity contribution in [2.24, 2.45) is 5.92 Å². The van der Waals surface area contributed by atoms with Gasteiger partial charge in [-0.1, -0.05) is 38.3 Å². The van der Waals surface area contributed by atoms with Gasteiger partial charge in [0.1, 0.15) is 5.75 Å². The minimum atomic E-state index is 0.723. The summed E-state index contributed by atoms with van der Waals surface area (Å²) in [5.41, 5.74) is 1.38. The quantitative estimate of drug-likeness (QED) is 0.814. The SMILES string of the molecule is COc1ccc(CCNC2CCCCCC2C)cc1. The van der Waals surface area contributed by atoms with E-state index in [-0.39, 0.29) is 0 Å². The first-order chi connectivity index (χ1) is 9.29. The van der Waals surface area contributed by atoms with Crippen molar-refractivity contribution in [1.29, 1.82) is 0 Å². The highest BCUT2D eigenvalue weighted by molar-refractivity contribution is 5.27. The van der Waals surface area contributed by atoms with Gasteiger partial charge in [0.15, 0.2) is 0 Å². The molecule has 1 aliphatic rings. The first-order valence-corrected chi connectivity index (χ1v) is 7.66. The standard InChI is InChI=1S/C17H27NO/c1-14-6-4-3-5-7-17(14)18-13-12-15-8-10-16(19-2)11-9-15/h8-11,14,17-18H,3-7,12-13H2,1-2H3. The lowest BCUT2D eigenvalue weighted by atomic mass is 9.97. The Labute approximate surface area is 117 Å². The first-order valence-electron chi connectivity index (χ1n) is 7.66. The van der Waals surface area contributed by atoms with Crippen LogP contribution in [0.3, 0.4) is 0 Å². The summed E-state index contributed by atoms with van der Waals surface area (Å²) in [5, 5.41) is 3.76. The van der Waals surface area contributed by atoms with Gasteiger partial charge < -0.3 is 10.1 Å². The molecule has 1 N–H and O–H groups in total. The van der Waals surface area contributed by atoms with Crippen molar-refractivity contribution in [1.82, 2.24) is 5.32 Å². The maximum atomic E-state index is 5.18. The number of hydrogen-bond acceptors (Lipinski definition) is 2. The van der Waals surface area contributed by atoms with Crippen LogP contribution in [0, 0.1) is 5.92 Å². The second-order valence-electron chi connectivity index (χ2n) is 5.77. The highest BCUT2D eigenvalue weighted by atomic mass is 16.5. The molecule has 2 nitrogen and oxygen atoms in total. The molecular formula is C17H27NO. The Bertz CT molecular complexity index is 360. The second kappa shape index (κ2) is 7.54. The van der Waals surface area contributed by atoms with E-state index in [2.05, 4.69) is 24.4 Å². The van der Waals surface area contributed by atoms with Crippen molar-refractivity contribution in [2.45, 2.75) is 51.5 Å². The fraction of sp³-hybridized carbons (Fsp3) is 0.647. The molecule has 0 saturated heterocycles. The van der Waals surface area contributed by atoms with Crippen LogP contribution in [0.1, 0.15) is 44.6 Å². The number of methoxy groups -OCH3 is 1. The molecule has 0 heterocycles. The largest absolute Gasteiger partial charge is 0.497 e. The topological polar surface area (TPSA) is 21.3 Å². The summed E-state index contributed by atoms with van der Waals surface area (Å²) in [4.78, 5) is 0. The molecule has 1 saturated carbocycles. The van der Waals surface area contributed by atoms with E-state index >= 15 is 0 Å². The third kappa shape index (κ3) is 4.54. The number of ether oxygens (including phenoxy) is 1. The van der Waals surface area contributed by atoms with Gasteiger partial charge in [0.05, 0.1) is 7.11 Å². The summed E-state index contributed by atoms with van der Waals surface area (Å²) in [6.45, 7) is 3.48. The van der Waals surface area contributed by atoms with Crippen LogP contribution in [0.25, 0.3) is 0 Å². The molecule has 1 fully saturated rings. The zero-order valence-electron chi connectivity index (χ0n) is 12.3. The van der Waals surface area contributed by atoms with Gasteiger partial charge in [-0.2, -0.15) is 0 Å². The molecule has 19 heavy (non-hydrogen) atoms. The monoisotopic (exact) mass is 261 g/mol. The second-order valence-corrected chi connectivity index (χ2v) is 5.77. The van der Waals surface area contributed by atoms with E-state index in [0.29, 0.717) is 0 Å². The van der Waals surface area contributed by atoms with E-state index in [9.17, 15) is 0 Å². The maximum absolute atomic E-state index is 5.18. The normalized spacial score (nSPS) is 23.9. The van der Waals surface area contributed by atoms with E-state index < -0.39 is 0 Å². The predicted octanol–water partition coefficient (Wildman–Crippen LogP) is 3.80. The Morgan fingerprint density at radius 3 is 2.58 bits per heavy atom. The van der Waals surface area contributed by atoms with Crippen LogP contribution in [0.15, 0.2) is 24.3 Å². The highest BCUT2D eigenvalue weighted by Gasteiger charge is 2.18. The van der Waals surface area contributed by atoms with Gasteiger partial charge in [0.2, 0.25) is 0 Å². The molecule has 1 aromatic rings. The Morgan fingerprint density at radius 1 is 1.11 bits per heavy atom. The molecule has 2 rings (SSSR count). The Hall–Kier alpha value is -1.02. The number of hydrogen-bond donors (Lipinski definition) is 1. The molecule has 0 radical (unpaired) electrons. The zero-order valence-corrected chi connectivity index (χ0v) is 12.3. The van der Waals surface area contributed by atoms with Crippen molar-refractivity contribution < 1.29 is 4.74 Å². The van der Waals surface area contributed by atoms with Gasteiger partial charge in [0, 0.05) is 6.04 Å². The molecule has 1 aliphatic carbocycles. The third-order valence-corrected chi connectivity index (χ3v) is 4.34. The van der Waals surface area contributed by atoms with Gasteiger partial charge >= 0.3 is 0 Å². The fourth-order valence-corrected chi connectivity index (χ4v) is 2.99. The van der Waals surface area contributed by atoms with Crippen molar-refractivity contribution in [3.05, 3.63) is 29.8 Å². The number of nitrogens with one attached hydrogen (secondary N) is 1. The molecular weight excluding hydrogens is 234 g/mol. The summed E-state index contributed by atoms with van der Waals surface area (Å²) in [7, 11) is 1.71. The third-order valence-electron chi connectivity index (χ3n) is 4.34. The lowest BCUT2D eigenvalue weighted by molar-refractivity contribution is 0.359. The van der Waals surface area contributed by atoms with Gasteiger partial charge in [-0.05, 0) is 49.4 Å². The molecule has 0 aromatic heterocycles. The van der Waals surface area contributed by atoms with Crippen molar-refractivity contribution in [3.63, 3.8) is 0 Å². The molecule has 2 unspecified atom stereocenters. The summed E-state index contributed by atoms with van der Waals surface area (Å²) in [6.07, 6.45) is 8.07. The highest BCUT2D eigenvalue weighted by Crippen LogP contribution is 2.22. The summed E-state index contributed by atoms with van der Waals surface area (Å²) in [6, 6.07) is 9.14. The first kappa shape index (κ1) is 14.4. The van der Waals surface area contributed by atoms with Crippen LogP contribution in [0.2, 0.25) is 0 Å². The lowest BCUT2D eigenvalue weighted by Crippen LogP contribution is -2.35. The van der Waals surface area contributed by atoms with Crippen LogP contribution in [0.5, 0.6) is 5.75 Å². The predicted molar refractivity (Wildman–Crippen MR) is 80.7 cm³/mol. The van der Waals surface area contributed by atoms with E-state index in [4.69, 9.17) is 4.74 Å². The molecule has 2 heteroatoms. The molecule has 0 spiro atoms. The average Bonchev–Trinajstić information content (AvgIpc) is 2.65. The zero-order chi connectivity index (χ0) is 13.5. The van der Waals surface area contributed by atoms with Crippen LogP contribution >= 0.6 is 0 Å². The number of rotatable bonds is 5. The Kier molecular flexibility index (Phi) is 5.71. The Balaban J connectivity index is 1.75. The smallest absolute Gasteiger partial charge is 0.118 e. The molecule has 1 aromatic carbocycles. The van der Waals surface area contributed by atoms with E-state index in [1.807, 2.05) is 12.1 Å². The van der Waals surface area contributed by atoms with Crippen LogP contribution in [0.4, 0.5) is 0 Å². The fourth-order valence-electron chi connectivity index (χ4n) is 2.99. The van der Waals surface area contributed by atoms with Crippen molar-refractivity contribution in [3.8, 4) is 5.75 Å². The maximum Gasteiger partial charge on any atom is 0.118 e. The van der Waals surface area contributed by atoms with Crippen LogP contribution in [-0.4, -0.2) is 19.7 Å². The molecule has 0 aliphatic heterocycles. The Morgan fingerprint density at radius 2 is 1.84 bits per heavy atom. The van der Waals surface area contributed by atoms with Crippen LogP contribution in [-0.2, 0) is 6.42 Å². The van der Waals surface area contributed by atoms with E-state index in [0.717, 1.165) is 30.7 Å². The van der Waals surface area contributed by atoms with Gasteiger partial charge in [-0.15, -0.1) is 0 Å². The molecule has 0 bridgehead atoms. The van der Waals surface area contributed by atoms with Crippen molar-refractivity contribution >= 4 is 0 Å². The molecule has 2 atom stereocenters. The van der Waals surface area contributed by atoms with E-state index in [1.54, 1.807) is 7.11 Å². The molecule has 0 amide bonds. The van der Waals surface area contributed by atoms with E-state index in [1.165, 1.54) is 37.7 Å². The van der Waals surface area contributed by atoms with Gasteiger partial charge in [-0.3, -0.25) is 0 Å². The number of benzene rings is 1. The minimum absolute atomic E-state index is 0.723. The summed E-state index contributed by atoms with van der Waals surface area (Å²) in [5.74, 6) is 1.77. The lowest BCUT2D eigenvalue weighted by Gasteiger charge is -2.22. The van der Waals surface area contributed by atoms with Gasteiger partial charge in [0.25, 0.3) is 0 Å². The average molecular weight is 261 g/mol. The summed E-state index contributed by atoms with van der Waals surface area (Å²) >= 11 is 0. The minimum Gasteiger partial charge on any atom is -0.497 e. The molecule has 106 valence electrons. The van der Waals surface area contributed by atoms with Gasteiger partial charge in [-0.25, -0.2) is 0 Å². The van der Waals surface area contributed by atoms with Crippen molar-refractivity contribution in [2.75, 3.05) is 13.7 Å².